The van der Waals surface area contributed by atoms with Crippen LogP contribution >= 0.6 is 15.9 Å². The summed E-state index contributed by atoms with van der Waals surface area (Å²) in [7, 11) is -3.33. The summed E-state index contributed by atoms with van der Waals surface area (Å²) in [6.45, 7) is 0. The second-order valence-corrected chi connectivity index (χ2v) is 6.73. The SMILES string of the molecule is NC1(S(=O)(=O)c2ccc(Br)cc2)CC1. The van der Waals surface area contributed by atoms with Gasteiger partial charge in [-0.05, 0) is 37.1 Å². The molecule has 0 aromatic heterocycles. The first-order chi connectivity index (χ1) is 6.46. The summed E-state index contributed by atoms with van der Waals surface area (Å²) < 4.78 is 24.6. The number of halogens is 1. The average molecular weight is 276 g/mol. The van der Waals surface area contributed by atoms with Gasteiger partial charge in [0.1, 0.15) is 4.87 Å². The summed E-state index contributed by atoms with van der Waals surface area (Å²) in [6.07, 6.45) is 1.12. The van der Waals surface area contributed by atoms with Crippen LogP contribution in [0.4, 0.5) is 0 Å². The number of sulfone groups is 1. The monoisotopic (exact) mass is 275 g/mol. The quantitative estimate of drug-likeness (QED) is 0.893. The molecule has 2 N–H and O–H groups in total. The molecule has 0 atom stereocenters. The van der Waals surface area contributed by atoms with Crippen molar-refractivity contribution in [2.45, 2.75) is 22.6 Å². The van der Waals surface area contributed by atoms with E-state index in [4.69, 9.17) is 5.73 Å². The van der Waals surface area contributed by atoms with E-state index in [9.17, 15) is 8.42 Å². The van der Waals surface area contributed by atoms with Gasteiger partial charge in [0.2, 0.25) is 0 Å². The van der Waals surface area contributed by atoms with Crippen LogP contribution in [0.25, 0.3) is 0 Å². The molecule has 14 heavy (non-hydrogen) atoms. The third-order valence-corrected chi connectivity index (χ3v) is 5.30. The molecule has 0 amide bonds. The van der Waals surface area contributed by atoms with Crippen molar-refractivity contribution in [2.24, 2.45) is 5.73 Å². The first-order valence-electron chi connectivity index (χ1n) is 4.25. The molecule has 0 radical (unpaired) electrons. The third kappa shape index (κ3) is 1.49. The Hall–Kier alpha value is -0.390. The Morgan fingerprint density at radius 3 is 2.14 bits per heavy atom. The highest BCUT2D eigenvalue weighted by molar-refractivity contribution is 9.10. The number of benzene rings is 1. The molecule has 0 unspecified atom stereocenters. The predicted octanol–water partition coefficient (Wildman–Crippen LogP) is 1.67. The van der Waals surface area contributed by atoms with Crippen LogP contribution in [-0.2, 0) is 9.84 Å². The van der Waals surface area contributed by atoms with Gasteiger partial charge < -0.3 is 5.73 Å². The third-order valence-electron chi connectivity index (χ3n) is 2.40. The number of rotatable bonds is 2. The van der Waals surface area contributed by atoms with Crippen molar-refractivity contribution in [3.05, 3.63) is 28.7 Å². The van der Waals surface area contributed by atoms with Gasteiger partial charge in [-0.2, -0.15) is 0 Å². The van der Waals surface area contributed by atoms with Gasteiger partial charge in [-0.3, -0.25) is 0 Å². The van der Waals surface area contributed by atoms with E-state index in [-0.39, 0.29) is 0 Å². The number of hydrogen-bond donors (Lipinski definition) is 1. The highest BCUT2D eigenvalue weighted by atomic mass is 79.9. The Morgan fingerprint density at radius 2 is 1.71 bits per heavy atom. The minimum Gasteiger partial charge on any atom is -0.312 e. The smallest absolute Gasteiger partial charge is 0.196 e. The van der Waals surface area contributed by atoms with Crippen LogP contribution < -0.4 is 5.73 Å². The standard InChI is InChI=1S/C9H10BrNO2S/c10-7-1-3-8(4-2-7)14(12,13)9(11)5-6-9/h1-4H,5-6,11H2. The first-order valence-corrected chi connectivity index (χ1v) is 6.52. The molecular weight excluding hydrogens is 266 g/mol. The Bertz CT molecular complexity index is 448. The van der Waals surface area contributed by atoms with Gasteiger partial charge in [0, 0.05) is 4.47 Å². The first kappa shape index (κ1) is 10.1. The highest BCUT2D eigenvalue weighted by Gasteiger charge is 2.51. The van der Waals surface area contributed by atoms with Crippen LogP contribution in [0.2, 0.25) is 0 Å². The Balaban J connectivity index is 2.45. The van der Waals surface area contributed by atoms with Crippen LogP contribution in [0.1, 0.15) is 12.8 Å². The summed E-state index contributed by atoms with van der Waals surface area (Å²) in [6, 6.07) is 6.57. The lowest BCUT2D eigenvalue weighted by atomic mass is 10.4. The van der Waals surface area contributed by atoms with Crippen molar-refractivity contribution < 1.29 is 8.42 Å². The fraction of sp³-hybridized carbons (Fsp3) is 0.333. The van der Waals surface area contributed by atoms with E-state index in [0.29, 0.717) is 17.7 Å². The van der Waals surface area contributed by atoms with Crippen LogP contribution in [-0.4, -0.2) is 13.3 Å². The largest absolute Gasteiger partial charge is 0.312 e. The maximum Gasteiger partial charge on any atom is 0.196 e. The molecule has 5 heteroatoms. The van der Waals surface area contributed by atoms with E-state index >= 15 is 0 Å². The van der Waals surface area contributed by atoms with Gasteiger partial charge in [-0.15, -0.1) is 0 Å². The summed E-state index contributed by atoms with van der Waals surface area (Å²) in [5.74, 6) is 0. The molecule has 0 spiro atoms. The van der Waals surface area contributed by atoms with E-state index in [1.165, 1.54) is 0 Å². The normalized spacial score (nSPS) is 19.3. The predicted molar refractivity (Wildman–Crippen MR) is 57.5 cm³/mol. The molecular formula is C9H10BrNO2S. The van der Waals surface area contributed by atoms with Gasteiger partial charge >= 0.3 is 0 Å². The molecule has 0 aliphatic heterocycles. The lowest BCUT2D eigenvalue weighted by Crippen LogP contribution is -2.32. The molecule has 2 rings (SSSR count). The van der Waals surface area contributed by atoms with Gasteiger partial charge in [0.15, 0.2) is 9.84 Å². The molecule has 1 aliphatic carbocycles. The molecule has 3 nitrogen and oxygen atoms in total. The van der Waals surface area contributed by atoms with E-state index < -0.39 is 14.7 Å². The molecule has 1 saturated carbocycles. The zero-order valence-electron chi connectivity index (χ0n) is 7.40. The fourth-order valence-corrected chi connectivity index (χ4v) is 3.11. The molecule has 1 aliphatic rings. The minimum absolute atomic E-state index is 0.306. The van der Waals surface area contributed by atoms with Crippen molar-refractivity contribution in [3.63, 3.8) is 0 Å². The summed E-state index contributed by atoms with van der Waals surface area (Å²) >= 11 is 3.25. The summed E-state index contributed by atoms with van der Waals surface area (Å²) in [5, 5.41) is 0. The van der Waals surface area contributed by atoms with E-state index in [1.807, 2.05) is 0 Å². The van der Waals surface area contributed by atoms with Crippen molar-refractivity contribution >= 4 is 25.8 Å². The molecule has 1 aromatic rings. The lowest BCUT2D eigenvalue weighted by molar-refractivity contribution is 0.579. The van der Waals surface area contributed by atoms with Crippen molar-refractivity contribution in [3.8, 4) is 0 Å². The molecule has 76 valence electrons. The molecule has 1 aromatic carbocycles. The number of hydrogen-bond acceptors (Lipinski definition) is 3. The van der Waals surface area contributed by atoms with Gasteiger partial charge in [-0.1, -0.05) is 15.9 Å². The molecule has 0 saturated heterocycles. The maximum absolute atomic E-state index is 11.9. The zero-order valence-corrected chi connectivity index (χ0v) is 9.81. The summed E-state index contributed by atoms with van der Waals surface area (Å²) in [4.78, 5) is -0.693. The van der Waals surface area contributed by atoms with Crippen molar-refractivity contribution in [1.29, 1.82) is 0 Å². The molecule has 0 bridgehead atoms. The Labute approximate surface area is 91.4 Å². The van der Waals surface area contributed by atoms with Crippen LogP contribution in [0, 0.1) is 0 Å². The summed E-state index contributed by atoms with van der Waals surface area (Å²) in [5.41, 5.74) is 5.69. The maximum atomic E-state index is 11.9. The number of nitrogens with two attached hydrogens (primary N) is 1. The van der Waals surface area contributed by atoms with Crippen molar-refractivity contribution in [1.82, 2.24) is 0 Å². The Kier molecular flexibility index (Phi) is 2.21. The van der Waals surface area contributed by atoms with Crippen LogP contribution in [0.5, 0.6) is 0 Å². The minimum atomic E-state index is -3.33. The lowest BCUT2D eigenvalue weighted by Gasteiger charge is -2.10. The van der Waals surface area contributed by atoms with Crippen molar-refractivity contribution in [2.75, 3.05) is 0 Å². The van der Waals surface area contributed by atoms with Gasteiger partial charge in [0.05, 0.1) is 4.90 Å². The van der Waals surface area contributed by atoms with Crippen LogP contribution in [0.15, 0.2) is 33.6 Å². The van der Waals surface area contributed by atoms with Gasteiger partial charge in [0.25, 0.3) is 0 Å². The van der Waals surface area contributed by atoms with E-state index in [2.05, 4.69) is 15.9 Å². The highest BCUT2D eigenvalue weighted by Crippen LogP contribution is 2.41. The Morgan fingerprint density at radius 1 is 1.21 bits per heavy atom. The van der Waals surface area contributed by atoms with E-state index in [1.54, 1.807) is 24.3 Å². The van der Waals surface area contributed by atoms with Gasteiger partial charge in [-0.25, -0.2) is 8.42 Å². The fourth-order valence-electron chi connectivity index (χ4n) is 1.24. The second kappa shape index (κ2) is 3.05. The average Bonchev–Trinajstić information content (AvgIpc) is 2.86. The molecule has 0 heterocycles. The zero-order chi connectivity index (χ0) is 10.4. The second-order valence-electron chi connectivity index (χ2n) is 3.52. The molecule has 1 fully saturated rings. The van der Waals surface area contributed by atoms with E-state index in [0.717, 1.165) is 4.47 Å². The topological polar surface area (TPSA) is 60.2 Å². The van der Waals surface area contributed by atoms with Crippen LogP contribution in [0.3, 0.4) is 0 Å².